The molecule has 0 aromatic heterocycles. The molecule has 0 heterocycles. The van der Waals surface area contributed by atoms with Gasteiger partial charge in [-0.2, -0.15) is 0 Å². The normalized spacial score (nSPS) is 19.4. The molecule has 1 aromatic carbocycles. The molecule has 1 aliphatic rings. The van der Waals surface area contributed by atoms with Gasteiger partial charge in [0.25, 0.3) is 0 Å². The highest BCUT2D eigenvalue weighted by Gasteiger charge is 2.45. The van der Waals surface area contributed by atoms with E-state index in [2.05, 4.69) is 5.32 Å². The Morgan fingerprint density at radius 2 is 2.06 bits per heavy atom. The SMILES string of the molecule is CNCC(O)c1ccccc1C1(CO)CC1. The van der Waals surface area contributed by atoms with Crippen LogP contribution in [0.4, 0.5) is 0 Å². The highest BCUT2D eigenvalue weighted by molar-refractivity contribution is 5.40. The molecule has 0 saturated heterocycles. The van der Waals surface area contributed by atoms with E-state index >= 15 is 0 Å². The van der Waals surface area contributed by atoms with Crippen molar-refractivity contribution in [2.24, 2.45) is 0 Å². The van der Waals surface area contributed by atoms with E-state index in [4.69, 9.17) is 0 Å². The molecule has 3 heteroatoms. The summed E-state index contributed by atoms with van der Waals surface area (Å²) in [5.41, 5.74) is 1.98. The molecule has 0 aliphatic heterocycles. The lowest BCUT2D eigenvalue weighted by Gasteiger charge is -2.20. The van der Waals surface area contributed by atoms with Crippen molar-refractivity contribution in [3.63, 3.8) is 0 Å². The first-order chi connectivity index (χ1) is 7.73. The predicted molar refractivity (Wildman–Crippen MR) is 63.3 cm³/mol. The summed E-state index contributed by atoms with van der Waals surface area (Å²) in [6, 6.07) is 7.89. The lowest BCUT2D eigenvalue weighted by molar-refractivity contribution is 0.174. The highest BCUT2D eigenvalue weighted by atomic mass is 16.3. The average molecular weight is 221 g/mol. The molecule has 1 unspecified atom stereocenters. The van der Waals surface area contributed by atoms with E-state index in [1.54, 1.807) is 0 Å². The Balaban J connectivity index is 2.31. The van der Waals surface area contributed by atoms with Crippen molar-refractivity contribution in [3.05, 3.63) is 35.4 Å². The van der Waals surface area contributed by atoms with Crippen LogP contribution in [0.1, 0.15) is 30.1 Å². The zero-order valence-corrected chi connectivity index (χ0v) is 9.61. The van der Waals surface area contributed by atoms with Gasteiger partial charge in [-0.25, -0.2) is 0 Å². The van der Waals surface area contributed by atoms with Gasteiger partial charge in [0.05, 0.1) is 12.7 Å². The van der Waals surface area contributed by atoms with Gasteiger partial charge in [0.2, 0.25) is 0 Å². The molecule has 88 valence electrons. The molecule has 1 aromatic rings. The zero-order chi connectivity index (χ0) is 11.6. The molecule has 0 bridgehead atoms. The van der Waals surface area contributed by atoms with E-state index in [-0.39, 0.29) is 12.0 Å². The lowest BCUT2D eigenvalue weighted by Crippen LogP contribution is -2.21. The minimum absolute atomic E-state index is 0.0781. The lowest BCUT2D eigenvalue weighted by atomic mass is 9.89. The van der Waals surface area contributed by atoms with Gasteiger partial charge in [0.15, 0.2) is 0 Å². The first-order valence-corrected chi connectivity index (χ1v) is 5.76. The van der Waals surface area contributed by atoms with E-state index in [9.17, 15) is 10.2 Å². The maximum absolute atomic E-state index is 10.0. The number of aliphatic hydroxyl groups excluding tert-OH is 2. The number of aliphatic hydroxyl groups is 2. The smallest absolute Gasteiger partial charge is 0.0917 e. The average Bonchev–Trinajstić information content (AvgIpc) is 3.10. The van der Waals surface area contributed by atoms with E-state index < -0.39 is 6.10 Å². The van der Waals surface area contributed by atoms with Crippen molar-refractivity contribution in [2.75, 3.05) is 20.2 Å². The van der Waals surface area contributed by atoms with Crippen LogP contribution in [0.5, 0.6) is 0 Å². The summed E-state index contributed by atoms with van der Waals surface area (Å²) >= 11 is 0. The third-order valence-corrected chi connectivity index (χ3v) is 3.44. The minimum Gasteiger partial charge on any atom is -0.395 e. The maximum Gasteiger partial charge on any atom is 0.0917 e. The molecule has 0 amide bonds. The van der Waals surface area contributed by atoms with Gasteiger partial charge in [-0.15, -0.1) is 0 Å². The van der Waals surface area contributed by atoms with Gasteiger partial charge >= 0.3 is 0 Å². The number of nitrogens with one attached hydrogen (secondary N) is 1. The second-order valence-electron chi connectivity index (χ2n) is 4.60. The third-order valence-electron chi connectivity index (χ3n) is 3.44. The van der Waals surface area contributed by atoms with Crippen LogP contribution in [0.25, 0.3) is 0 Å². The predicted octanol–water partition coefficient (Wildman–Crippen LogP) is 0.963. The first-order valence-electron chi connectivity index (χ1n) is 5.76. The molecule has 1 saturated carbocycles. The summed E-state index contributed by atoms with van der Waals surface area (Å²) in [6.07, 6.45) is 1.55. The number of rotatable bonds is 5. The largest absolute Gasteiger partial charge is 0.395 e. The van der Waals surface area contributed by atoms with Crippen LogP contribution in [-0.4, -0.2) is 30.4 Å². The Bertz CT molecular complexity index is 361. The summed E-state index contributed by atoms with van der Waals surface area (Å²) in [5.74, 6) is 0. The van der Waals surface area contributed by atoms with Crippen LogP contribution in [0, 0.1) is 0 Å². The van der Waals surface area contributed by atoms with Gasteiger partial charge in [0, 0.05) is 12.0 Å². The van der Waals surface area contributed by atoms with Crippen LogP contribution in [0.3, 0.4) is 0 Å². The van der Waals surface area contributed by atoms with Crippen LogP contribution in [0.15, 0.2) is 24.3 Å². The van der Waals surface area contributed by atoms with Gasteiger partial charge < -0.3 is 15.5 Å². The van der Waals surface area contributed by atoms with Crippen molar-refractivity contribution in [1.29, 1.82) is 0 Å². The molecule has 2 rings (SSSR count). The summed E-state index contributed by atoms with van der Waals surface area (Å²) in [5, 5.41) is 22.5. The fourth-order valence-corrected chi connectivity index (χ4v) is 2.24. The molecule has 0 radical (unpaired) electrons. The molecule has 3 N–H and O–H groups in total. The van der Waals surface area contributed by atoms with Crippen molar-refractivity contribution in [3.8, 4) is 0 Å². The molecular weight excluding hydrogens is 202 g/mol. The molecule has 1 atom stereocenters. The zero-order valence-electron chi connectivity index (χ0n) is 9.61. The second-order valence-corrected chi connectivity index (χ2v) is 4.60. The van der Waals surface area contributed by atoms with Crippen LogP contribution in [-0.2, 0) is 5.41 Å². The van der Waals surface area contributed by atoms with E-state index in [1.165, 1.54) is 0 Å². The van der Waals surface area contributed by atoms with Crippen LogP contribution in [0.2, 0.25) is 0 Å². The van der Waals surface area contributed by atoms with Crippen molar-refractivity contribution in [2.45, 2.75) is 24.4 Å². The fourth-order valence-electron chi connectivity index (χ4n) is 2.24. The topological polar surface area (TPSA) is 52.5 Å². The third kappa shape index (κ3) is 1.98. The highest BCUT2D eigenvalue weighted by Crippen LogP contribution is 2.49. The van der Waals surface area contributed by atoms with Crippen molar-refractivity contribution < 1.29 is 10.2 Å². The molecule has 3 nitrogen and oxygen atoms in total. The summed E-state index contributed by atoms with van der Waals surface area (Å²) in [7, 11) is 1.82. The van der Waals surface area contributed by atoms with Gasteiger partial charge in [0.1, 0.15) is 0 Å². The standard InChI is InChI=1S/C13H19NO2/c1-14-8-12(16)10-4-2-3-5-11(10)13(9-15)6-7-13/h2-5,12,14-16H,6-9H2,1H3. The quantitative estimate of drug-likeness (QED) is 0.694. The van der Waals surface area contributed by atoms with E-state index in [1.807, 2.05) is 31.3 Å². The van der Waals surface area contributed by atoms with Gasteiger partial charge in [-0.1, -0.05) is 24.3 Å². The van der Waals surface area contributed by atoms with Crippen LogP contribution < -0.4 is 5.32 Å². The first kappa shape index (κ1) is 11.6. The molecular formula is C13H19NO2. The number of hydrogen-bond acceptors (Lipinski definition) is 3. The maximum atomic E-state index is 10.0. The minimum atomic E-state index is -0.495. The number of benzene rings is 1. The van der Waals surface area contributed by atoms with E-state index in [0.29, 0.717) is 6.54 Å². The Morgan fingerprint density at radius 1 is 1.38 bits per heavy atom. The van der Waals surface area contributed by atoms with Crippen molar-refractivity contribution in [1.82, 2.24) is 5.32 Å². The Labute approximate surface area is 96.1 Å². The Kier molecular flexibility index (Phi) is 3.28. The molecule has 1 aliphatic carbocycles. The Hall–Kier alpha value is -0.900. The van der Waals surface area contributed by atoms with Crippen molar-refractivity contribution >= 4 is 0 Å². The number of hydrogen-bond donors (Lipinski definition) is 3. The van der Waals surface area contributed by atoms with Crippen LogP contribution >= 0.6 is 0 Å². The molecule has 16 heavy (non-hydrogen) atoms. The summed E-state index contributed by atoms with van der Waals surface area (Å²) in [4.78, 5) is 0. The van der Waals surface area contributed by atoms with E-state index in [0.717, 1.165) is 24.0 Å². The molecule has 0 spiro atoms. The summed E-state index contributed by atoms with van der Waals surface area (Å²) < 4.78 is 0. The monoisotopic (exact) mass is 221 g/mol. The summed E-state index contributed by atoms with van der Waals surface area (Å²) in [6.45, 7) is 0.717. The Morgan fingerprint density at radius 3 is 2.62 bits per heavy atom. The number of likely N-dealkylation sites (N-methyl/N-ethyl adjacent to an activating group) is 1. The fraction of sp³-hybridized carbons (Fsp3) is 0.538. The van der Waals surface area contributed by atoms with Gasteiger partial charge in [-0.05, 0) is 31.0 Å². The van der Waals surface area contributed by atoms with Gasteiger partial charge in [-0.3, -0.25) is 0 Å². The second kappa shape index (κ2) is 4.53. The molecule has 1 fully saturated rings.